The lowest BCUT2D eigenvalue weighted by atomic mass is 9.77. The first-order valence-corrected chi connectivity index (χ1v) is 6.65. The molecule has 0 saturated heterocycles. The molecule has 0 heterocycles. The van der Waals surface area contributed by atoms with Crippen LogP contribution in [-0.4, -0.2) is 18.5 Å². The molecule has 0 spiro atoms. The van der Waals surface area contributed by atoms with Gasteiger partial charge in [0.05, 0.1) is 0 Å². The molecule has 0 bridgehead atoms. The Hall–Kier alpha value is -0.570. The van der Waals surface area contributed by atoms with Crippen LogP contribution in [-0.2, 0) is 4.79 Å². The van der Waals surface area contributed by atoms with Crippen LogP contribution in [0.2, 0.25) is 0 Å². The van der Waals surface area contributed by atoms with Crippen molar-refractivity contribution in [2.75, 3.05) is 6.54 Å². The fourth-order valence-corrected chi connectivity index (χ4v) is 2.80. The Morgan fingerprint density at radius 3 is 2.81 bits per heavy atom. The first-order chi connectivity index (χ1) is 7.63. The van der Waals surface area contributed by atoms with Crippen molar-refractivity contribution in [2.45, 2.75) is 58.4 Å². The summed E-state index contributed by atoms with van der Waals surface area (Å²) in [6, 6.07) is 0.306. The third-order valence-electron chi connectivity index (χ3n) is 3.62. The molecule has 16 heavy (non-hydrogen) atoms. The summed E-state index contributed by atoms with van der Waals surface area (Å²) in [7, 11) is 0. The molecule has 3 nitrogen and oxygen atoms in total. The van der Waals surface area contributed by atoms with Crippen molar-refractivity contribution in [2.24, 2.45) is 17.6 Å². The van der Waals surface area contributed by atoms with Crippen molar-refractivity contribution < 1.29 is 4.79 Å². The molecular weight excluding hydrogens is 200 g/mol. The van der Waals surface area contributed by atoms with E-state index in [1.165, 1.54) is 25.7 Å². The summed E-state index contributed by atoms with van der Waals surface area (Å²) < 4.78 is 0. The lowest BCUT2D eigenvalue weighted by molar-refractivity contribution is -0.118. The highest BCUT2D eigenvalue weighted by molar-refractivity contribution is 5.74. The van der Waals surface area contributed by atoms with Gasteiger partial charge in [0.2, 0.25) is 5.91 Å². The predicted octanol–water partition coefficient (Wildman–Crippen LogP) is 2.06. The van der Waals surface area contributed by atoms with Gasteiger partial charge in [0.25, 0.3) is 0 Å². The van der Waals surface area contributed by atoms with E-state index < -0.39 is 0 Å². The van der Waals surface area contributed by atoms with Gasteiger partial charge in [0.1, 0.15) is 0 Å². The molecule has 1 amide bonds. The van der Waals surface area contributed by atoms with E-state index in [-0.39, 0.29) is 5.91 Å². The third-order valence-corrected chi connectivity index (χ3v) is 3.62. The summed E-state index contributed by atoms with van der Waals surface area (Å²) in [5.74, 6) is 1.27. The quantitative estimate of drug-likeness (QED) is 0.728. The highest BCUT2D eigenvalue weighted by Crippen LogP contribution is 2.31. The van der Waals surface area contributed by atoms with E-state index in [1.54, 1.807) is 0 Å². The third kappa shape index (κ3) is 4.52. The second-order valence-electron chi connectivity index (χ2n) is 5.26. The zero-order valence-electron chi connectivity index (χ0n) is 10.7. The van der Waals surface area contributed by atoms with E-state index in [0.29, 0.717) is 18.4 Å². The van der Waals surface area contributed by atoms with E-state index >= 15 is 0 Å². The van der Waals surface area contributed by atoms with Crippen LogP contribution < -0.4 is 11.1 Å². The minimum absolute atomic E-state index is 0.174. The zero-order chi connectivity index (χ0) is 12.0. The summed E-state index contributed by atoms with van der Waals surface area (Å²) in [6.07, 6.45) is 6.74. The van der Waals surface area contributed by atoms with Gasteiger partial charge in [-0.1, -0.05) is 26.7 Å². The second-order valence-corrected chi connectivity index (χ2v) is 5.26. The van der Waals surface area contributed by atoms with Crippen LogP contribution in [0.3, 0.4) is 0 Å². The van der Waals surface area contributed by atoms with E-state index in [0.717, 1.165) is 18.9 Å². The number of primary amides is 1. The van der Waals surface area contributed by atoms with Crippen LogP contribution in [0, 0.1) is 11.8 Å². The molecule has 0 aromatic carbocycles. The van der Waals surface area contributed by atoms with Crippen LogP contribution >= 0.6 is 0 Å². The number of hydrogen-bond acceptors (Lipinski definition) is 2. The molecular formula is C13H26N2O. The van der Waals surface area contributed by atoms with Gasteiger partial charge in [0.15, 0.2) is 0 Å². The van der Waals surface area contributed by atoms with E-state index in [9.17, 15) is 4.79 Å². The minimum atomic E-state index is -0.174. The van der Waals surface area contributed by atoms with Crippen LogP contribution in [0.5, 0.6) is 0 Å². The molecule has 0 aromatic heterocycles. The van der Waals surface area contributed by atoms with E-state index in [1.807, 2.05) is 0 Å². The Kier molecular flexibility index (Phi) is 5.81. The predicted molar refractivity (Wildman–Crippen MR) is 67.0 cm³/mol. The molecule has 3 N–H and O–H groups in total. The van der Waals surface area contributed by atoms with Crippen molar-refractivity contribution in [3.05, 3.63) is 0 Å². The van der Waals surface area contributed by atoms with Crippen molar-refractivity contribution in [3.63, 3.8) is 0 Å². The van der Waals surface area contributed by atoms with Crippen LogP contribution in [0.25, 0.3) is 0 Å². The molecule has 1 aliphatic carbocycles. The smallest absolute Gasteiger partial charge is 0.218 e. The maximum Gasteiger partial charge on any atom is 0.218 e. The van der Waals surface area contributed by atoms with Gasteiger partial charge in [-0.3, -0.25) is 4.79 Å². The minimum Gasteiger partial charge on any atom is -0.370 e. The highest BCUT2D eigenvalue weighted by atomic mass is 16.1. The summed E-state index contributed by atoms with van der Waals surface area (Å²) in [5.41, 5.74) is 5.33. The number of nitrogens with one attached hydrogen (secondary N) is 1. The molecule has 0 aromatic rings. The Morgan fingerprint density at radius 2 is 2.25 bits per heavy atom. The van der Waals surface area contributed by atoms with Crippen molar-refractivity contribution >= 4 is 5.91 Å². The molecule has 0 aliphatic heterocycles. The summed E-state index contributed by atoms with van der Waals surface area (Å²) in [4.78, 5) is 11.1. The molecule has 3 heteroatoms. The molecule has 1 aliphatic rings. The van der Waals surface area contributed by atoms with Crippen molar-refractivity contribution in [1.29, 1.82) is 0 Å². The lowest BCUT2D eigenvalue weighted by Crippen LogP contribution is -2.41. The molecule has 3 unspecified atom stereocenters. The molecule has 0 radical (unpaired) electrons. The van der Waals surface area contributed by atoms with Crippen molar-refractivity contribution in [3.8, 4) is 0 Å². The molecule has 94 valence electrons. The van der Waals surface area contributed by atoms with Crippen molar-refractivity contribution in [1.82, 2.24) is 5.32 Å². The van der Waals surface area contributed by atoms with Gasteiger partial charge in [-0.05, 0) is 37.6 Å². The topological polar surface area (TPSA) is 55.1 Å². The van der Waals surface area contributed by atoms with Gasteiger partial charge in [0, 0.05) is 12.5 Å². The van der Waals surface area contributed by atoms with Gasteiger partial charge < -0.3 is 11.1 Å². The maximum atomic E-state index is 11.1. The number of hydrogen-bond donors (Lipinski definition) is 2. The average molecular weight is 226 g/mol. The molecule has 3 atom stereocenters. The van der Waals surface area contributed by atoms with E-state index in [4.69, 9.17) is 5.73 Å². The lowest BCUT2D eigenvalue weighted by Gasteiger charge is -2.33. The normalized spacial score (nSPS) is 27.6. The molecule has 1 rings (SSSR count). The van der Waals surface area contributed by atoms with Gasteiger partial charge in [-0.25, -0.2) is 0 Å². The zero-order valence-corrected chi connectivity index (χ0v) is 10.7. The first kappa shape index (κ1) is 13.5. The Balaban J connectivity index is 2.48. The van der Waals surface area contributed by atoms with Crippen LogP contribution in [0.4, 0.5) is 0 Å². The Morgan fingerprint density at radius 1 is 1.50 bits per heavy atom. The highest BCUT2D eigenvalue weighted by Gasteiger charge is 2.27. The summed E-state index contributed by atoms with van der Waals surface area (Å²) in [6.45, 7) is 5.45. The number of rotatable bonds is 6. The molecule has 1 saturated carbocycles. The van der Waals surface area contributed by atoms with Crippen LogP contribution in [0.15, 0.2) is 0 Å². The summed E-state index contributed by atoms with van der Waals surface area (Å²) in [5, 5.41) is 3.49. The van der Waals surface area contributed by atoms with Gasteiger partial charge in [-0.2, -0.15) is 0 Å². The van der Waals surface area contributed by atoms with Crippen LogP contribution in [0.1, 0.15) is 52.4 Å². The number of nitrogens with two attached hydrogens (primary N) is 1. The summed E-state index contributed by atoms with van der Waals surface area (Å²) >= 11 is 0. The largest absolute Gasteiger partial charge is 0.370 e. The fourth-order valence-electron chi connectivity index (χ4n) is 2.80. The maximum absolute atomic E-state index is 11.1. The van der Waals surface area contributed by atoms with Gasteiger partial charge >= 0.3 is 0 Å². The van der Waals surface area contributed by atoms with E-state index in [2.05, 4.69) is 19.2 Å². The number of amides is 1. The average Bonchev–Trinajstić information content (AvgIpc) is 2.23. The standard InChI is InChI=1S/C13H26N2O/c1-3-7-15-12(9-13(14)16)11-6-4-5-10(2)8-11/h10-12,15H,3-9H2,1-2H3,(H2,14,16). The monoisotopic (exact) mass is 226 g/mol. The Bertz CT molecular complexity index is 218. The van der Waals surface area contributed by atoms with Gasteiger partial charge in [-0.15, -0.1) is 0 Å². The number of carbonyl (C=O) groups excluding carboxylic acids is 1. The fraction of sp³-hybridized carbons (Fsp3) is 0.923. The number of carbonyl (C=O) groups is 1. The second kappa shape index (κ2) is 6.89. The first-order valence-electron chi connectivity index (χ1n) is 6.65. The Labute approximate surface area is 99.2 Å². The molecule has 1 fully saturated rings. The SMILES string of the molecule is CCCNC(CC(N)=O)C1CCCC(C)C1.